The maximum absolute atomic E-state index is 12.8. The number of ether oxygens (including phenoxy) is 2. The molecule has 1 unspecified atom stereocenters. The number of carboxylic acid groups (broad SMARTS) is 1. The summed E-state index contributed by atoms with van der Waals surface area (Å²) in [4.78, 5) is 24.3. The van der Waals surface area contributed by atoms with Crippen LogP contribution in [0.25, 0.3) is 0 Å². The fraction of sp³-hybridized carbons (Fsp3) is 0.481. The second kappa shape index (κ2) is 11.0. The first kappa shape index (κ1) is 27.7. The van der Waals surface area contributed by atoms with Gasteiger partial charge in [0.15, 0.2) is 0 Å². The first-order valence-corrected chi connectivity index (χ1v) is 12.1. The van der Waals surface area contributed by atoms with Crippen molar-refractivity contribution in [3.63, 3.8) is 0 Å². The molecule has 8 nitrogen and oxygen atoms in total. The lowest BCUT2D eigenvalue weighted by atomic mass is 9.79. The molecule has 1 atom stereocenters. The van der Waals surface area contributed by atoms with Gasteiger partial charge in [-0.1, -0.05) is 24.3 Å². The summed E-state index contributed by atoms with van der Waals surface area (Å²) in [6, 6.07) is 12.4. The van der Waals surface area contributed by atoms with E-state index < -0.39 is 30.4 Å². The third-order valence-electron chi connectivity index (χ3n) is 6.60. The van der Waals surface area contributed by atoms with Crippen LogP contribution >= 0.6 is 0 Å². The van der Waals surface area contributed by atoms with Gasteiger partial charge in [-0.15, -0.1) is 0 Å². The van der Waals surface area contributed by atoms with Crippen molar-refractivity contribution in [3.8, 4) is 5.75 Å². The van der Waals surface area contributed by atoms with Gasteiger partial charge in [-0.3, -0.25) is 4.79 Å². The summed E-state index contributed by atoms with van der Waals surface area (Å²) in [5.41, 5.74) is 1.91. The van der Waals surface area contributed by atoms with Crippen LogP contribution in [-0.4, -0.2) is 49.5 Å². The van der Waals surface area contributed by atoms with E-state index >= 15 is 0 Å². The van der Waals surface area contributed by atoms with E-state index in [2.05, 4.69) is 5.32 Å². The molecule has 1 amide bonds. The minimum absolute atomic E-state index is 0.145. The highest BCUT2D eigenvalue weighted by molar-refractivity contribution is 6.62. The first-order chi connectivity index (χ1) is 16.8. The Labute approximate surface area is 213 Å². The largest absolute Gasteiger partial charge is 0.547 e. The monoisotopic (exact) mass is 496 g/mol. The van der Waals surface area contributed by atoms with Gasteiger partial charge in [-0.2, -0.15) is 0 Å². The Balaban J connectivity index is 1.66. The summed E-state index contributed by atoms with van der Waals surface area (Å²) in [7, 11) is 1.05. The zero-order valence-electron chi connectivity index (χ0n) is 22.0. The molecule has 3 rings (SSSR count). The molecule has 0 spiro atoms. The summed E-state index contributed by atoms with van der Waals surface area (Å²) in [5.74, 6) is -0.929. The van der Waals surface area contributed by atoms with Crippen LogP contribution in [-0.2, 0) is 31.8 Å². The van der Waals surface area contributed by atoms with Crippen LogP contribution in [0.15, 0.2) is 42.5 Å². The van der Waals surface area contributed by atoms with Crippen LogP contribution in [0.4, 0.5) is 0 Å². The van der Waals surface area contributed by atoms with Crippen LogP contribution in [0.2, 0.25) is 0 Å². The smallest absolute Gasteiger partial charge is 0.494 e. The molecule has 1 aliphatic rings. The molecule has 0 aliphatic carbocycles. The Kier molecular flexibility index (Phi) is 8.49. The van der Waals surface area contributed by atoms with Crippen LogP contribution < -0.4 is 20.6 Å². The van der Waals surface area contributed by atoms with Crippen LogP contribution in [0, 0.1) is 0 Å². The maximum Gasteiger partial charge on any atom is 0.494 e. The first-order valence-electron chi connectivity index (χ1n) is 12.1. The zero-order valence-corrected chi connectivity index (χ0v) is 22.0. The molecule has 2 aromatic carbocycles. The quantitative estimate of drug-likeness (QED) is 0.502. The van der Waals surface area contributed by atoms with Gasteiger partial charge in [0.25, 0.3) is 5.91 Å². The predicted molar refractivity (Wildman–Crippen MR) is 135 cm³/mol. The molecule has 0 saturated carbocycles. The van der Waals surface area contributed by atoms with Gasteiger partial charge < -0.3 is 34.0 Å². The lowest BCUT2D eigenvalue weighted by Gasteiger charge is -2.32. The van der Waals surface area contributed by atoms with Gasteiger partial charge in [0.1, 0.15) is 11.9 Å². The van der Waals surface area contributed by atoms with Crippen molar-refractivity contribution >= 4 is 24.5 Å². The minimum atomic E-state index is -1.27. The lowest BCUT2D eigenvalue weighted by molar-refractivity contribution is -0.318. The van der Waals surface area contributed by atoms with Crippen molar-refractivity contribution < 1.29 is 33.5 Å². The molecular weight excluding hydrogens is 461 g/mol. The molecule has 9 heteroatoms. The average Bonchev–Trinajstić information content (AvgIpc) is 3.03. The fourth-order valence-electron chi connectivity index (χ4n) is 3.87. The van der Waals surface area contributed by atoms with Crippen molar-refractivity contribution in [1.82, 2.24) is 5.32 Å². The molecule has 1 N–H and O–H groups in total. The number of nitrogens with one attached hydrogen (secondary N) is 1. The number of methoxy groups -OCH3 is 1. The third kappa shape index (κ3) is 6.46. The van der Waals surface area contributed by atoms with E-state index in [-0.39, 0.29) is 25.0 Å². The molecule has 1 aliphatic heterocycles. The second-order valence-corrected chi connectivity index (χ2v) is 10.2. The van der Waals surface area contributed by atoms with Crippen molar-refractivity contribution in [3.05, 3.63) is 59.2 Å². The number of rotatable bonds is 10. The Morgan fingerprint density at radius 2 is 1.64 bits per heavy atom. The predicted octanol–water partition coefficient (Wildman–Crippen LogP) is 2.01. The number of hydrogen-bond acceptors (Lipinski definition) is 7. The molecule has 1 fully saturated rings. The zero-order chi connectivity index (χ0) is 26.7. The molecule has 36 heavy (non-hydrogen) atoms. The van der Waals surface area contributed by atoms with Gasteiger partial charge >= 0.3 is 7.12 Å². The summed E-state index contributed by atoms with van der Waals surface area (Å²) >= 11 is 0. The van der Waals surface area contributed by atoms with Gasteiger partial charge in [0.05, 0.1) is 30.4 Å². The highest BCUT2D eigenvalue weighted by Gasteiger charge is 2.51. The average molecular weight is 496 g/mol. The molecule has 1 heterocycles. The van der Waals surface area contributed by atoms with Gasteiger partial charge in [-0.05, 0) is 70.8 Å². The minimum Gasteiger partial charge on any atom is -0.547 e. The summed E-state index contributed by atoms with van der Waals surface area (Å²) in [6.07, 6.45) is -1.17. The molecule has 0 aromatic heterocycles. The highest BCUT2D eigenvalue weighted by Crippen LogP contribution is 2.36. The van der Waals surface area contributed by atoms with E-state index in [0.717, 1.165) is 16.6 Å². The fourth-order valence-corrected chi connectivity index (χ4v) is 3.87. The van der Waals surface area contributed by atoms with E-state index in [1.54, 1.807) is 51.3 Å². The summed E-state index contributed by atoms with van der Waals surface area (Å²) in [5, 5.41) is 14.4. The van der Waals surface area contributed by atoms with Crippen LogP contribution in [0.1, 0.15) is 63.0 Å². The van der Waals surface area contributed by atoms with Crippen molar-refractivity contribution in [1.29, 1.82) is 0 Å². The molecule has 2 aromatic rings. The molecule has 0 bridgehead atoms. The number of hydrogen-bond donors (Lipinski definition) is 1. The Morgan fingerprint density at radius 3 is 2.17 bits per heavy atom. The maximum atomic E-state index is 12.8. The normalized spacial score (nSPS) is 17.2. The standard InChI is InChI=1S/C27H36BNO7/c1-17(2)34-23(25(31)32)15-18-8-13-22(33-7)20(14-18)16-29-24(30)19-9-11-21(12-10-19)28-35-26(3,4)27(5,6)36-28/h8-14,17,23H,15-16H2,1-7H3,(H,29,30)(H,31,32)/p-1. The Hall–Kier alpha value is -2.88. The summed E-state index contributed by atoms with van der Waals surface area (Å²) < 4.78 is 23.0. The summed E-state index contributed by atoms with van der Waals surface area (Å²) in [6.45, 7) is 11.7. The number of carbonyl (C=O) groups is 2. The van der Waals surface area contributed by atoms with E-state index in [1.807, 2.05) is 39.8 Å². The molecule has 1 saturated heterocycles. The lowest BCUT2D eigenvalue weighted by Crippen LogP contribution is -2.41. The third-order valence-corrected chi connectivity index (χ3v) is 6.60. The number of aliphatic carboxylic acids is 1. The van der Waals surface area contributed by atoms with Crippen molar-refractivity contribution in [2.24, 2.45) is 0 Å². The number of carbonyl (C=O) groups excluding carboxylic acids is 2. The Bertz CT molecular complexity index is 1070. The van der Waals surface area contributed by atoms with E-state index in [0.29, 0.717) is 11.3 Å². The molecular formula is C27H35BNO7-. The van der Waals surface area contributed by atoms with Gasteiger partial charge in [-0.25, -0.2) is 0 Å². The van der Waals surface area contributed by atoms with Gasteiger partial charge in [0.2, 0.25) is 0 Å². The van der Waals surface area contributed by atoms with Gasteiger partial charge in [0, 0.05) is 24.1 Å². The number of benzene rings is 2. The second-order valence-electron chi connectivity index (χ2n) is 10.2. The highest BCUT2D eigenvalue weighted by atomic mass is 16.7. The van der Waals surface area contributed by atoms with E-state index in [1.165, 1.54) is 0 Å². The van der Waals surface area contributed by atoms with Crippen molar-refractivity contribution in [2.75, 3.05) is 7.11 Å². The number of carboxylic acids is 1. The van der Waals surface area contributed by atoms with E-state index in [4.69, 9.17) is 18.8 Å². The SMILES string of the molecule is COc1ccc(CC(OC(C)C)C(=O)[O-])cc1CNC(=O)c1ccc(B2OC(C)(C)C(C)(C)O2)cc1. The van der Waals surface area contributed by atoms with Crippen LogP contribution in [0.3, 0.4) is 0 Å². The topological polar surface area (TPSA) is 106 Å². The molecule has 194 valence electrons. The van der Waals surface area contributed by atoms with E-state index in [9.17, 15) is 14.7 Å². The van der Waals surface area contributed by atoms with Crippen molar-refractivity contribution in [2.45, 2.75) is 77.9 Å². The number of amides is 1. The Morgan fingerprint density at radius 1 is 1.03 bits per heavy atom. The molecule has 0 radical (unpaired) electrons. The van der Waals surface area contributed by atoms with Crippen LogP contribution in [0.5, 0.6) is 5.75 Å².